The number of para-hydroxylation sites is 1. The molecule has 5 rings (SSSR count). The third-order valence-electron chi connectivity index (χ3n) is 6.65. The third kappa shape index (κ3) is 3.80. The zero-order valence-electron chi connectivity index (χ0n) is 17.9. The van der Waals surface area contributed by atoms with E-state index in [0.29, 0.717) is 36.6 Å². The number of nitrogens with zero attached hydrogens (tertiary/aromatic N) is 1. The van der Waals surface area contributed by atoms with Crippen LogP contribution in [0.25, 0.3) is 0 Å². The molecule has 32 heavy (non-hydrogen) atoms. The molecule has 8 nitrogen and oxygen atoms in total. The number of nitrogens with one attached hydrogen (secondary N) is 2. The van der Waals surface area contributed by atoms with E-state index in [1.807, 2.05) is 0 Å². The predicted octanol–water partition coefficient (Wildman–Crippen LogP) is 3.05. The molecule has 0 amide bonds. The summed E-state index contributed by atoms with van der Waals surface area (Å²) < 4.78 is 34.8. The molecule has 2 aromatic rings. The fourth-order valence-corrected chi connectivity index (χ4v) is 5.97. The molecule has 1 saturated heterocycles. The van der Waals surface area contributed by atoms with E-state index >= 15 is 0 Å². The van der Waals surface area contributed by atoms with Gasteiger partial charge in [-0.25, -0.2) is 13.2 Å². The number of hydrogen-bond acceptors (Lipinski definition) is 6. The molecular formula is C23H27N3O5S. The number of rotatable bonds is 8. The lowest BCUT2D eigenvalue weighted by Gasteiger charge is -2.38. The summed E-state index contributed by atoms with van der Waals surface area (Å²) in [6.07, 6.45) is 0.979. The van der Waals surface area contributed by atoms with Gasteiger partial charge in [-0.05, 0) is 42.6 Å². The van der Waals surface area contributed by atoms with Gasteiger partial charge in [0.25, 0.3) is 10.0 Å². The fourth-order valence-electron chi connectivity index (χ4n) is 4.71. The van der Waals surface area contributed by atoms with E-state index in [-0.39, 0.29) is 21.9 Å². The first-order chi connectivity index (χ1) is 15.4. The number of carboxylic acid groups (broad SMARTS) is 1. The number of sulfonamides is 1. The highest BCUT2D eigenvalue weighted by Gasteiger charge is 2.45. The second-order valence-corrected chi connectivity index (χ2v) is 10.5. The Balaban J connectivity index is 1.40. The SMILES string of the molecule is CCN1CC(CNc2ccccc2S(=O)(=O)Nc2ccc3c(c2C(=O)O)OC[C@H]2C[C@@H]32)C1. The molecule has 0 spiro atoms. The summed E-state index contributed by atoms with van der Waals surface area (Å²) in [6.45, 7) is 6.28. The molecule has 0 aromatic heterocycles. The van der Waals surface area contributed by atoms with Gasteiger partial charge < -0.3 is 20.1 Å². The van der Waals surface area contributed by atoms with Crippen molar-refractivity contribution in [3.63, 3.8) is 0 Å². The number of carboxylic acids is 1. The molecule has 0 bridgehead atoms. The van der Waals surface area contributed by atoms with Gasteiger partial charge in [-0.1, -0.05) is 25.1 Å². The van der Waals surface area contributed by atoms with Crippen LogP contribution >= 0.6 is 0 Å². The van der Waals surface area contributed by atoms with Crippen LogP contribution in [-0.4, -0.2) is 57.2 Å². The van der Waals surface area contributed by atoms with Crippen molar-refractivity contribution < 1.29 is 23.1 Å². The second-order valence-electron chi connectivity index (χ2n) is 8.83. The summed E-state index contributed by atoms with van der Waals surface area (Å²) >= 11 is 0. The van der Waals surface area contributed by atoms with Crippen molar-refractivity contribution in [2.75, 3.05) is 42.8 Å². The van der Waals surface area contributed by atoms with Crippen molar-refractivity contribution >= 4 is 27.4 Å². The summed E-state index contributed by atoms with van der Waals surface area (Å²) in [5, 5.41) is 13.1. The lowest BCUT2D eigenvalue weighted by Crippen LogP contribution is -2.49. The zero-order chi connectivity index (χ0) is 22.5. The monoisotopic (exact) mass is 457 g/mol. The number of ether oxygens (including phenoxy) is 1. The number of carbonyl (C=O) groups is 1. The topological polar surface area (TPSA) is 108 Å². The van der Waals surface area contributed by atoms with Crippen LogP contribution < -0.4 is 14.8 Å². The fraction of sp³-hybridized carbons (Fsp3) is 0.435. The quantitative estimate of drug-likeness (QED) is 0.559. The molecule has 2 heterocycles. The molecule has 1 saturated carbocycles. The number of fused-ring (bicyclic) bond motifs is 3. The van der Waals surface area contributed by atoms with Gasteiger partial charge in [0, 0.05) is 31.5 Å². The minimum absolute atomic E-state index is 0.0164. The van der Waals surface area contributed by atoms with Gasteiger partial charge in [-0.3, -0.25) is 4.72 Å². The Kier molecular flexibility index (Phi) is 5.25. The van der Waals surface area contributed by atoms with Gasteiger partial charge in [0.15, 0.2) is 0 Å². The Hall–Kier alpha value is -2.78. The van der Waals surface area contributed by atoms with Crippen molar-refractivity contribution in [2.24, 2.45) is 11.8 Å². The maximum Gasteiger partial charge on any atom is 0.341 e. The lowest BCUT2D eigenvalue weighted by atomic mass is 10.0. The van der Waals surface area contributed by atoms with Crippen molar-refractivity contribution in [1.82, 2.24) is 4.90 Å². The van der Waals surface area contributed by atoms with E-state index in [0.717, 1.165) is 31.6 Å². The maximum atomic E-state index is 13.3. The summed E-state index contributed by atoms with van der Waals surface area (Å²) in [6, 6.07) is 10.0. The number of aromatic carboxylic acids is 1. The molecule has 2 atom stereocenters. The average Bonchev–Trinajstić information content (AvgIpc) is 3.52. The molecule has 1 aliphatic carbocycles. The van der Waals surface area contributed by atoms with Crippen molar-refractivity contribution in [2.45, 2.75) is 24.2 Å². The Morgan fingerprint density at radius 3 is 2.72 bits per heavy atom. The van der Waals surface area contributed by atoms with E-state index < -0.39 is 16.0 Å². The normalized spacial score (nSPS) is 22.2. The van der Waals surface area contributed by atoms with Gasteiger partial charge in [-0.2, -0.15) is 0 Å². The van der Waals surface area contributed by atoms with Gasteiger partial charge in [0.05, 0.1) is 18.0 Å². The summed E-state index contributed by atoms with van der Waals surface area (Å²) in [5.41, 5.74) is 1.24. The first kappa shape index (κ1) is 21.1. The second kappa shape index (κ2) is 7.97. The molecule has 3 N–H and O–H groups in total. The standard InChI is InChI=1S/C23H27N3O5S/c1-2-26-11-14(12-26)10-24-18-5-3-4-6-20(18)32(29,30)25-19-8-7-16-17-9-15(17)13-31-22(16)21(19)23(27)28/h3-8,14-15,17,24-25H,2,9-13H2,1H3,(H,27,28)/t15-,17-/m1/s1. The minimum atomic E-state index is -4.02. The Morgan fingerprint density at radius 1 is 1.19 bits per heavy atom. The number of benzene rings is 2. The highest BCUT2D eigenvalue weighted by atomic mass is 32.2. The minimum Gasteiger partial charge on any atom is -0.492 e. The Bertz CT molecular complexity index is 1160. The molecule has 2 fully saturated rings. The van der Waals surface area contributed by atoms with Crippen LogP contribution in [0.3, 0.4) is 0 Å². The van der Waals surface area contributed by atoms with Crippen LogP contribution in [0.15, 0.2) is 41.3 Å². The Morgan fingerprint density at radius 2 is 1.97 bits per heavy atom. The highest BCUT2D eigenvalue weighted by molar-refractivity contribution is 7.92. The third-order valence-corrected chi connectivity index (χ3v) is 8.07. The molecule has 9 heteroatoms. The van der Waals surface area contributed by atoms with Gasteiger partial charge in [0.1, 0.15) is 16.2 Å². The first-order valence-electron chi connectivity index (χ1n) is 11.0. The van der Waals surface area contributed by atoms with Crippen LogP contribution in [0.4, 0.5) is 11.4 Å². The predicted molar refractivity (Wildman–Crippen MR) is 121 cm³/mol. The van der Waals surface area contributed by atoms with Gasteiger partial charge in [0.2, 0.25) is 0 Å². The Labute approximate surface area is 187 Å². The van der Waals surface area contributed by atoms with Gasteiger partial charge in [-0.15, -0.1) is 0 Å². The maximum absolute atomic E-state index is 13.3. The summed E-state index contributed by atoms with van der Waals surface area (Å²) in [7, 11) is -4.02. The van der Waals surface area contributed by atoms with E-state index in [2.05, 4.69) is 21.9 Å². The van der Waals surface area contributed by atoms with Crippen LogP contribution in [-0.2, 0) is 10.0 Å². The smallest absolute Gasteiger partial charge is 0.341 e. The molecular weight excluding hydrogens is 430 g/mol. The highest BCUT2D eigenvalue weighted by Crippen LogP contribution is 2.55. The largest absolute Gasteiger partial charge is 0.492 e. The van der Waals surface area contributed by atoms with E-state index in [1.165, 1.54) is 12.1 Å². The summed E-state index contributed by atoms with van der Waals surface area (Å²) in [4.78, 5) is 14.5. The molecule has 2 aromatic carbocycles. The zero-order valence-corrected chi connectivity index (χ0v) is 18.7. The molecule has 170 valence electrons. The molecule has 2 aliphatic heterocycles. The van der Waals surface area contributed by atoms with E-state index in [4.69, 9.17) is 4.74 Å². The van der Waals surface area contributed by atoms with Crippen LogP contribution in [0.1, 0.15) is 35.2 Å². The molecule has 3 aliphatic rings. The van der Waals surface area contributed by atoms with E-state index in [1.54, 1.807) is 24.3 Å². The number of anilines is 2. The summed E-state index contributed by atoms with van der Waals surface area (Å²) in [5.74, 6) is 0.289. The number of likely N-dealkylation sites (tertiary alicyclic amines) is 1. The average molecular weight is 458 g/mol. The van der Waals surface area contributed by atoms with E-state index in [9.17, 15) is 18.3 Å². The first-order valence-corrected chi connectivity index (χ1v) is 12.5. The van der Waals surface area contributed by atoms with Gasteiger partial charge >= 0.3 is 5.97 Å². The molecule has 0 radical (unpaired) electrons. The van der Waals surface area contributed by atoms with Crippen LogP contribution in [0.5, 0.6) is 5.75 Å². The van der Waals surface area contributed by atoms with Crippen molar-refractivity contribution in [1.29, 1.82) is 0 Å². The lowest BCUT2D eigenvalue weighted by molar-refractivity contribution is 0.0692. The number of hydrogen-bond donors (Lipinski definition) is 3. The van der Waals surface area contributed by atoms with Crippen molar-refractivity contribution in [3.05, 3.63) is 47.5 Å². The van der Waals surface area contributed by atoms with Crippen molar-refractivity contribution in [3.8, 4) is 5.75 Å². The van der Waals surface area contributed by atoms with Crippen LogP contribution in [0, 0.1) is 11.8 Å². The molecule has 0 unspecified atom stereocenters. The van der Waals surface area contributed by atoms with Crippen LogP contribution in [0.2, 0.25) is 0 Å².